The van der Waals surface area contributed by atoms with Crippen molar-refractivity contribution in [3.8, 4) is 5.75 Å². The number of aryl methyl sites for hydroxylation is 1. The molecule has 0 aliphatic carbocycles. The maximum Gasteiger partial charge on any atom is 0.327 e. The van der Waals surface area contributed by atoms with E-state index >= 15 is 4.39 Å². The number of carboxylic acids is 1. The molecule has 0 radical (unpaired) electrons. The Balaban J connectivity index is 0.889. The van der Waals surface area contributed by atoms with Crippen LogP contribution < -0.4 is 31.3 Å². The Morgan fingerprint density at radius 1 is 0.483 bits per heavy atom. The van der Waals surface area contributed by atoms with Gasteiger partial charge >= 0.3 is 29.8 Å². The van der Waals surface area contributed by atoms with Gasteiger partial charge in [0.05, 0.1) is 46.2 Å². The number of hydrogen-bond donors (Lipinski definition) is 7. The molecule has 0 saturated carbocycles. The molecule has 5 heterocycles. The van der Waals surface area contributed by atoms with E-state index in [1.54, 1.807) is 36.4 Å². The topological polar surface area (TPSA) is 278 Å². The molecule has 22 nitrogen and oxygen atoms in total. The summed E-state index contributed by atoms with van der Waals surface area (Å²) in [5.74, 6) is -5.20. The fourth-order valence-corrected chi connectivity index (χ4v) is 11.8. The van der Waals surface area contributed by atoms with Gasteiger partial charge in [0.2, 0.25) is 0 Å². The highest BCUT2D eigenvalue weighted by atomic mass is 79.9. The molecule has 7 N–H and O–H groups in total. The lowest BCUT2D eigenvalue weighted by atomic mass is 10.1. The van der Waals surface area contributed by atoms with Gasteiger partial charge < -0.3 is 57.6 Å². The summed E-state index contributed by atoms with van der Waals surface area (Å²) in [5.41, 5.74) is 4.02. The first-order chi connectivity index (χ1) is 42.1. The number of benzene rings is 5. The lowest BCUT2D eigenvalue weighted by molar-refractivity contribution is -0.176. The summed E-state index contributed by atoms with van der Waals surface area (Å²) in [7, 11) is 1.54. The largest absolute Gasteiger partial charge is 0.496 e. The van der Waals surface area contributed by atoms with E-state index in [9.17, 15) is 34.2 Å². The van der Waals surface area contributed by atoms with E-state index in [0.717, 1.165) is 26.7 Å². The summed E-state index contributed by atoms with van der Waals surface area (Å²) in [6, 6.07) is 27.9. The van der Waals surface area contributed by atoms with Gasteiger partial charge in [0.15, 0.2) is 24.4 Å². The molecule has 0 spiro atoms. The molecule has 5 aliphatic rings. The van der Waals surface area contributed by atoms with Gasteiger partial charge in [-0.05, 0) is 53.4 Å². The summed E-state index contributed by atoms with van der Waals surface area (Å²) in [6.45, 7) is 1.62. The molecule has 10 rings (SSSR count). The second kappa shape index (κ2) is 29.7. The number of aliphatic carboxylic acids is 1. The predicted octanol–water partition coefficient (Wildman–Crippen LogP) is 3.74. The fraction of sp³-hybridized carbons (Fsp3) is 0.435. The number of halogens is 3. The van der Waals surface area contributed by atoms with Crippen molar-refractivity contribution in [3.63, 3.8) is 0 Å². The van der Waals surface area contributed by atoms with Crippen LogP contribution in [0.5, 0.6) is 5.75 Å². The molecular formula is C62H68BrClFN5O17. The summed E-state index contributed by atoms with van der Waals surface area (Å²) < 4.78 is 77.1. The second-order valence-electron chi connectivity index (χ2n) is 21.6. The van der Waals surface area contributed by atoms with E-state index in [0.29, 0.717) is 16.3 Å². The lowest BCUT2D eigenvalue weighted by Gasteiger charge is -2.30. The average Bonchev–Trinajstić information content (AvgIpc) is 4.06. The van der Waals surface area contributed by atoms with Gasteiger partial charge in [0, 0.05) is 53.3 Å². The van der Waals surface area contributed by atoms with Crippen molar-refractivity contribution >= 4 is 57.4 Å². The van der Waals surface area contributed by atoms with Gasteiger partial charge in [-0.25, -0.2) is 4.39 Å². The smallest absolute Gasteiger partial charge is 0.327 e. The van der Waals surface area contributed by atoms with Crippen LogP contribution in [0.2, 0.25) is 5.02 Å². The number of aliphatic hydroxyl groups is 1. The molecular weight excluding hydrogens is 1220 g/mol. The average molecular weight is 1290 g/mol. The summed E-state index contributed by atoms with van der Waals surface area (Å²) >= 11 is 9.94. The summed E-state index contributed by atoms with van der Waals surface area (Å²) in [6.07, 6.45) is -11.9. The first-order valence-electron chi connectivity index (χ1n) is 28.5. The Kier molecular flexibility index (Phi) is 21.7. The Hall–Kier alpha value is -6.49. The number of carbonyl (C=O) groups excluding carboxylic acids is 4. The van der Waals surface area contributed by atoms with Gasteiger partial charge in [-0.15, -0.1) is 0 Å². The standard InChI is InChI=1S/C62H68BrClFN5O17/c1-33-13-3-4-14-34(33)28-80-45-25-68-50(55(45)85-59(74)48-53(71)43(23-66-48)79-32-38-18-8-12-22-42(38)78-2)61(76)86-56-46(81-29-35-15-5-9-19-39(35)63)26-69-52(56)62(77)87-57-47(83-31-37-17-7-11-21-41(37)65)27-70-51(57)60(75)84-54-44(24-67-49(54)58(72)73)82-30-36-16-6-10-20-40(36)64/h3-22,43-57,66-71H,23-32H2,1-2H3,(H,72,73)/t43?,44?,45?,46?,47?,48-,49-,50-,51-,52-,53?,54?,55?,56?,57?/m0/s1. The molecule has 15 atom stereocenters. The minimum absolute atomic E-state index is 0.00402. The van der Waals surface area contributed by atoms with Gasteiger partial charge in [-0.1, -0.05) is 125 Å². The second-order valence-corrected chi connectivity index (χ2v) is 22.9. The molecule has 5 fully saturated rings. The number of nitrogens with one attached hydrogen (secondary N) is 5. The summed E-state index contributed by atoms with van der Waals surface area (Å²) in [4.78, 5) is 71.3. The van der Waals surface area contributed by atoms with E-state index in [1.165, 1.54) is 25.3 Å². The number of ether oxygens (including phenoxy) is 10. The third kappa shape index (κ3) is 15.3. The van der Waals surface area contributed by atoms with E-state index < -0.39 is 127 Å². The van der Waals surface area contributed by atoms with Crippen molar-refractivity contribution in [1.82, 2.24) is 26.6 Å². The molecule has 0 aromatic heterocycles. The number of esters is 4. The van der Waals surface area contributed by atoms with Crippen LogP contribution in [0.15, 0.2) is 126 Å². The van der Waals surface area contributed by atoms with E-state index in [-0.39, 0.29) is 71.3 Å². The Morgan fingerprint density at radius 2 is 0.851 bits per heavy atom. The molecule has 5 aromatic carbocycles. The first kappa shape index (κ1) is 63.5. The zero-order valence-electron chi connectivity index (χ0n) is 47.4. The van der Waals surface area contributed by atoms with Crippen LogP contribution in [0.4, 0.5) is 4.39 Å². The van der Waals surface area contributed by atoms with E-state index in [4.69, 9.17) is 59.0 Å². The van der Waals surface area contributed by atoms with E-state index in [2.05, 4.69) is 42.5 Å². The van der Waals surface area contributed by atoms with Crippen LogP contribution in [0.1, 0.15) is 33.4 Å². The number of carbonyl (C=O) groups is 5. The van der Waals surface area contributed by atoms with Crippen LogP contribution in [0, 0.1) is 12.7 Å². The number of aliphatic hydroxyl groups excluding tert-OH is 1. The van der Waals surface area contributed by atoms with Crippen molar-refractivity contribution in [2.24, 2.45) is 0 Å². The number of hydrogen-bond acceptors (Lipinski definition) is 21. The van der Waals surface area contributed by atoms with Crippen molar-refractivity contribution in [1.29, 1.82) is 0 Å². The number of carboxylic acid groups (broad SMARTS) is 1. The molecule has 25 heteroatoms. The Labute approximate surface area is 514 Å². The van der Waals surface area contributed by atoms with Gasteiger partial charge in [-0.2, -0.15) is 0 Å². The van der Waals surface area contributed by atoms with Crippen molar-refractivity contribution in [3.05, 3.63) is 170 Å². The molecule has 464 valence electrons. The van der Waals surface area contributed by atoms with Gasteiger partial charge in [0.25, 0.3) is 0 Å². The first-order valence-corrected chi connectivity index (χ1v) is 29.7. The third-order valence-corrected chi connectivity index (χ3v) is 17.2. The van der Waals surface area contributed by atoms with Crippen LogP contribution in [0.3, 0.4) is 0 Å². The molecule has 5 aromatic rings. The monoisotopic (exact) mass is 1290 g/mol. The number of methoxy groups -OCH3 is 1. The lowest BCUT2D eigenvalue weighted by Crippen LogP contribution is -2.53. The van der Waals surface area contributed by atoms with Crippen LogP contribution >= 0.6 is 27.5 Å². The van der Waals surface area contributed by atoms with Gasteiger partial charge in [-0.3, -0.25) is 50.6 Å². The Bertz CT molecular complexity index is 3230. The minimum Gasteiger partial charge on any atom is -0.496 e. The van der Waals surface area contributed by atoms with Crippen LogP contribution in [-0.2, 0) is 99.6 Å². The third-order valence-electron chi connectivity index (χ3n) is 16.1. The maximum absolute atomic E-state index is 15.0. The molecule has 0 amide bonds. The van der Waals surface area contributed by atoms with Crippen molar-refractivity contribution < 1.29 is 85.9 Å². The molecule has 87 heavy (non-hydrogen) atoms. The highest BCUT2D eigenvalue weighted by molar-refractivity contribution is 9.10. The molecule has 10 unspecified atom stereocenters. The highest BCUT2D eigenvalue weighted by Gasteiger charge is 2.54. The highest BCUT2D eigenvalue weighted by Crippen LogP contribution is 2.30. The molecule has 5 saturated heterocycles. The fourth-order valence-electron chi connectivity index (χ4n) is 11.2. The molecule has 0 bridgehead atoms. The zero-order valence-corrected chi connectivity index (χ0v) is 49.8. The predicted molar refractivity (Wildman–Crippen MR) is 311 cm³/mol. The van der Waals surface area contributed by atoms with Crippen LogP contribution in [0.25, 0.3) is 0 Å². The van der Waals surface area contributed by atoms with Crippen molar-refractivity contribution in [2.75, 3.05) is 39.8 Å². The number of para-hydroxylation sites is 1. The number of rotatable bonds is 25. The quantitative estimate of drug-likeness (QED) is 0.0324. The zero-order chi connectivity index (χ0) is 61.1. The maximum atomic E-state index is 15.0. The van der Waals surface area contributed by atoms with Crippen molar-refractivity contribution in [2.45, 2.75) is 131 Å². The van der Waals surface area contributed by atoms with E-state index in [1.807, 2.05) is 73.7 Å². The SMILES string of the molecule is COc1ccccc1COC1CN[C@H](C(=O)OC2C(OCc3ccccc3C)CN[C@@H]2C(=O)OC2C(OCc3ccccc3Br)CN[C@@H]2C(=O)OC2C(OCc3ccccc3F)CN[C@@H]2C(=O)OC2C(OCc3ccccc3Cl)CN[C@@H]2C(=O)O)C1O. The summed E-state index contributed by atoms with van der Waals surface area (Å²) in [5, 5.41) is 37.2. The van der Waals surface area contributed by atoms with Crippen LogP contribution in [-0.4, -0.2) is 171 Å². The van der Waals surface area contributed by atoms with Gasteiger partial charge in [0.1, 0.15) is 72.3 Å². The normalized spacial score (nSPS) is 28.5. The Morgan fingerprint density at radius 3 is 1.37 bits per heavy atom. The minimum atomic E-state index is -1.51. The molecule has 5 aliphatic heterocycles.